The molecule has 11 nitrogen and oxygen atoms in total. The van der Waals surface area contributed by atoms with Gasteiger partial charge in [0, 0.05) is 18.7 Å². The van der Waals surface area contributed by atoms with Crippen molar-refractivity contribution in [1.82, 2.24) is 15.3 Å². The molecule has 15 heteroatoms. The summed E-state index contributed by atoms with van der Waals surface area (Å²) in [6, 6.07) is 6.37. The molecule has 0 saturated carbocycles. The van der Waals surface area contributed by atoms with Gasteiger partial charge in [0.05, 0.1) is 43.2 Å². The van der Waals surface area contributed by atoms with Gasteiger partial charge < -0.3 is 25.0 Å². The third kappa shape index (κ3) is 7.17. The van der Waals surface area contributed by atoms with Gasteiger partial charge in [-0.25, -0.2) is 14.4 Å². The van der Waals surface area contributed by atoms with Gasteiger partial charge in [0.1, 0.15) is 17.3 Å². The molecule has 0 radical (unpaired) electrons. The van der Waals surface area contributed by atoms with Gasteiger partial charge in [0.15, 0.2) is 0 Å². The monoisotopic (exact) mass is 620 g/mol. The summed E-state index contributed by atoms with van der Waals surface area (Å²) in [5.41, 5.74) is -1.14. The molecule has 1 atom stereocenters. The molecule has 0 unspecified atom stereocenters. The molecule has 0 bridgehead atoms. The zero-order chi connectivity index (χ0) is 32.2. The number of piperidine rings is 1. The van der Waals surface area contributed by atoms with Crippen LogP contribution < -0.4 is 20.1 Å². The van der Waals surface area contributed by atoms with Gasteiger partial charge in [-0.2, -0.15) is 18.2 Å². The van der Waals surface area contributed by atoms with Crippen LogP contribution in [0.1, 0.15) is 46.0 Å². The molecular formula is C29H32F4N6O5. The van der Waals surface area contributed by atoms with E-state index >= 15 is 4.39 Å². The van der Waals surface area contributed by atoms with Crippen LogP contribution in [-0.2, 0) is 11.4 Å². The fraction of sp³-hybridized carbons (Fsp3) is 0.379. The molecule has 1 fully saturated rings. The number of guanidine groups is 1. The zero-order valence-corrected chi connectivity index (χ0v) is 24.5. The van der Waals surface area contributed by atoms with Crippen molar-refractivity contribution >= 4 is 30.2 Å². The number of hydrogen-bond donors (Lipinski definition) is 2. The number of likely N-dealkylation sites (tertiary alicyclic amines) is 1. The minimum atomic E-state index is -4.88. The summed E-state index contributed by atoms with van der Waals surface area (Å²) in [6.45, 7) is 5.67. The topological polar surface area (TPSA) is 117 Å². The van der Waals surface area contributed by atoms with Crippen molar-refractivity contribution in [1.29, 1.82) is 0 Å². The second kappa shape index (κ2) is 13.4. The SMILES string of the molecule is C=N/C(=N\C(Oc1cccc2c1C(=O)N(OC)C2)=C(/C)C(F)(F)F)Nc1cc(F)c(C(=O)N[C@@H]2CCCN(C)C2)cc1OC. The predicted molar refractivity (Wildman–Crippen MR) is 154 cm³/mol. The number of nitrogens with zero attached hydrogens (tertiary/aromatic N) is 4. The molecule has 1 saturated heterocycles. The maximum absolute atomic E-state index is 15.2. The van der Waals surface area contributed by atoms with Crippen LogP contribution in [0.25, 0.3) is 0 Å². The number of ether oxygens (including phenoxy) is 2. The standard InChI is InChI=1S/C29H32F4N6O5/c1-16(29(31,32)33)26(44-22-10-6-8-17-14-39(43-5)27(41)24(17)22)37-28(34-2)36-21-13-20(30)19(12-23(21)42-4)25(40)35-18-9-7-11-38(3)15-18/h6,8,10,12-13,18H,2,7,9,11,14-15H2,1,3-5H3,(H,35,40)(H,36,37)/b26-16-/t18-/m1/s1. The second-order valence-corrected chi connectivity index (χ2v) is 10.2. The third-order valence-corrected chi connectivity index (χ3v) is 7.14. The molecule has 2 aliphatic heterocycles. The number of likely N-dealkylation sites (N-methyl/N-ethyl adjacent to an activating group) is 1. The number of benzene rings is 2. The van der Waals surface area contributed by atoms with Crippen molar-refractivity contribution in [2.45, 2.75) is 38.5 Å². The van der Waals surface area contributed by atoms with Gasteiger partial charge in [-0.05, 0) is 57.8 Å². The number of alkyl halides is 3. The number of anilines is 1. The summed E-state index contributed by atoms with van der Waals surface area (Å²) >= 11 is 0. The Morgan fingerprint density at radius 3 is 2.57 bits per heavy atom. The molecule has 0 spiro atoms. The van der Waals surface area contributed by atoms with E-state index in [4.69, 9.17) is 14.3 Å². The van der Waals surface area contributed by atoms with E-state index in [0.29, 0.717) is 12.1 Å². The molecule has 2 amide bonds. The van der Waals surface area contributed by atoms with E-state index in [9.17, 15) is 22.8 Å². The highest BCUT2D eigenvalue weighted by molar-refractivity contribution is 6.01. The van der Waals surface area contributed by atoms with Crippen LogP contribution in [-0.4, -0.2) is 81.0 Å². The minimum Gasteiger partial charge on any atom is -0.495 e. The van der Waals surface area contributed by atoms with Crippen LogP contribution in [0.5, 0.6) is 11.5 Å². The molecule has 4 rings (SSSR count). The quantitative estimate of drug-likeness (QED) is 0.193. The average Bonchev–Trinajstić information content (AvgIpc) is 3.31. The lowest BCUT2D eigenvalue weighted by Crippen LogP contribution is -2.46. The lowest BCUT2D eigenvalue weighted by Gasteiger charge is -2.30. The normalized spacial score (nSPS) is 18.0. The number of hydroxylamine groups is 2. The molecule has 0 aliphatic carbocycles. The first-order valence-electron chi connectivity index (χ1n) is 13.5. The first-order chi connectivity index (χ1) is 20.9. The highest BCUT2D eigenvalue weighted by Crippen LogP contribution is 2.35. The van der Waals surface area contributed by atoms with Crippen molar-refractivity contribution in [2.75, 3.05) is 39.7 Å². The Morgan fingerprint density at radius 1 is 1.18 bits per heavy atom. The van der Waals surface area contributed by atoms with Gasteiger partial charge >= 0.3 is 6.18 Å². The number of aliphatic imine (C=N–C) groups is 2. The Bertz CT molecular complexity index is 1510. The number of hydrogen-bond acceptors (Lipinski definition) is 7. The smallest absolute Gasteiger partial charge is 0.417 e. The number of rotatable bonds is 8. The molecule has 236 valence electrons. The lowest BCUT2D eigenvalue weighted by atomic mass is 10.1. The Hall–Kier alpha value is -4.50. The average molecular weight is 621 g/mol. The highest BCUT2D eigenvalue weighted by Gasteiger charge is 2.36. The molecule has 2 heterocycles. The number of nitrogens with one attached hydrogen (secondary N) is 2. The predicted octanol–water partition coefficient (Wildman–Crippen LogP) is 4.52. The summed E-state index contributed by atoms with van der Waals surface area (Å²) in [7, 11) is 4.48. The van der Waals surface area contributed by atoms with E-state index in [1.54, 1.807) is 6.07 Å². The number of carbonyl (C=O) groups excluding carboxylic acids is 2. The summed E-state index contributed by atoms with van der Waals surface area (Å²) in [5, 5.41) is 6.43. The number of halogens is 4. The van der Waals surface area contributed by atoms with Crippen LogP contribution in [0, 0.1) is 5.82 Å². The maximum Gasteiger partial charge on any atom is 0.417 e. The van der Waals surface area contributed by atoms with Crippen molar-refractivity contribution in [3.63, 3.8) is 0 Å². The zero-order valence-electron chi connectivity index (χ0n) is 24.5. The van der Waals surface area contributed by atoms with Gasteiger partial charge in [0.2, 0.25) is 11.8 Å². The summed E-state index contributed by atoms with van der Waals surface area (Å²) < 4.78 is 67.6. The van der Waals surface area contributed by atoms with Crippen molar-refractivity contribution < 1.29 is 41.5 Å². The van der Waals surface area contributed by atoms with E-state index in [0.717, 1.165) is 43.5 Å². The van der Waals surface area contributed by atoms with E-state index < -0.39 is 41.2 Å². The molecule has 2 N–H and O–H groups in total. The maximum atomic E-state index is 15.2. The Balaban J connectivity index is 1.65. The number of fused-ring (bicyclic) bond motifs is 1. The highest BCUT2D eigenvalue weighted by atomic mass is 19.4. The fourth-order valence-electron chi connectivity index (χ4n) is 4.80. The van der Waals surface area contributed by atoms with Crippen molar-refractivity contribution in [2.24, 2.45) is 9.98 Å². The van der Waals surface area contributed by atoms with Gasteiger partial charge in [-0.1, -0.05) is 12.1 Å². The Morgan fingerprint density at radius 2 is 1.93 bits per heavy atom. The van der Waals surface area contributed by atoms with Gasteiger partial charge in [-0.15, -0.1) is 0 Å². The lowest BCUT2D eigenvalue weighted by molar-refractivity contribution is -0.0957. The molecule has 2 aromatic carbocycles. The second-order valence-electron chi connectivity index (χ2n) is 10.2. The number of allylic oxidation sites excluding steroid dienone is 1. The summed E-state index contributed by atoms with van der Waals surface area (Å²) in [4.78, 5) is 40.2. The van der Waals surface area contributed by atoms with Crippen molar-refractivity contribution in [3.05, 3.63) is 64.3 Å². The summed E-state index contributed by atoms with van der Waals surface area (Å²) in [5.74, 6) is -3.83. The molecular weight excluding hydrogens is 588 g/mol. The first kappa shape index (κ1) is 32.4. The van der Waals surface area contributed by atoms with Crippen LogP contribution in [0.2, 0.25) is 0 Å². The van der Waals surface area contributed by atoms with Crippen molar-refractivity contribution in [3.8, 4) is 11.5 Å². The third-order valence-electron chi connectivity index (χ3n) is 7.14. The molecule has 2 aromatic rings. The first-order valence-corrected chi connectivity index (χ1v) is 13.5. The minimum absolute atomic E-state index is 0.00979. The van der Waals surface area contributed by atoms with E-state index in [1.165, 1.54) is 26.4 Å². The Kier molecular flexibility index (Phi) is 9.89. The van der Waals surface area contributed by atoms with Crippen LogP contribution in [0.15, 0.2) is 51.8 Å². The number of methoxy groups -OCH3 is 1. The van der Waals surface area contributed by atoms with E-state index in [-0.39, 0.29) is 40.9 Å². The molecule has 0 aromatic heterocycles. The largest absolute Gasteiger partial charge is 0.495 e. The number of amides is 2. The van der Waals surface area contributed by atoms with Crippen LogP contribution in [0.4, 0.5) is 23.2 Å². The van der Waals surface area contributed by atoms with Crippen LogP contribution in [0.3, 0.4) is 0 Å². The molecule has 44 heavy (non-hydrogen) atoms. The van der Waals surface area contributed by atoms with E-state index in [2.05, 4.69) is 32.2 Å². The Labute approximate surface area is 251 Å². The van der Waals surface area contributed by atoms with Gasteiger partial charge in [-0.3, -0.25) is 14.4 Å². The van der Waals surface area contributed by atoms with E-state index in [1.807, 2.05) is 7.05 Å². The number of carbonyl (C=O) groups is 2. The molecule has 2 aliphatic rings. The van der Waals surface area contributed by atoms with Crippen LogP contribution >= 0.6 is 0 Å². The van der Waals surface area contributed by atoms with Gasteiger partial charge in [0.25, 0.3) is 11.8 Å². The summed E-state index contributed by atoms with van der Waals surface area (Å²) in [6.07, 6.45) is -3.24. The fourth-order valence-corrected chi connectivity index (χ4v) is 4.80.